The number of morpholine rings is 1. The number of likely N-dealkylation sites (tertiary alicyclic amines) is 1. The van der Waals surface area contributed by atoms with Crippen LogP contribution in [0, 0.1) is 11.3 Å². The molecular formula is C15H20N4O2. The highest BCUT2D eigenvalue weighted by Gasteiger charge is 2.57. The predicted octanol–water partition coefficient (Wildman–Crippen LogP) is 0.795. The molecule has 112 valence electrons. The smallest absolute Gasteiger partial charge is 0.257 e. The van der Waals surface area contributed by atoms with Crippen molar-refractivity contribution in [2.75, 3.05) is 44.3 Å². The molecule has 1 aromatic heterocycles. The Balaban J connectivity index is 1.45. The summed E-state index contributed by atoms with van der Waals surface area (Å²) in [7, 11) is 0. The third-order valence-corrected chi connectivity index (χ3v) is 5.00. The van der Waals surface area contributed by atoms with E-state index in [2.05, 4.69) is 21.8 Å². The van der Waals surface area contributed by atoms with Crippen LogP contribution in [-0.2, 0) is 4.74 Å². The van der Waals surface area contributed by atoms with Crippen LogP contribution in [0.1, 0.15) is 23.7 Å². The highest BCUT2D eigenvalue weighted by Crippen LogP contribution is 2.57. The molecule has 21 heavy (non-hydrogen) atoms. The fourth-order valence-corrected chi connectivity index (χ4v) is 3.44. The standard InChI is InChI=1S/C15H20N4O2/c1-15-6-12(15)9-19(10-15)13(20)11-7-16-14(17-8-11)18-2-4-21-5-3-18/h7-8,12H,2-6,9-10H2,1H3. The molecule has 3 heterocycles. The predicted molar refractivity (Wildman–Crippen MR) is 77.2 cm³/mol. The zero-order valence-corrected chi connectivity index (χ0v) is 12.3. The Kier molecular flexibility index (Phi) is 2.89. The van der Waals surface area contributed by atoms with E-state index >= 15 is 0 Å². The molecule has 1 amide bonds. The van der Waals surface area contributed by atoms with Crippen molar-refractivity contribution in [3.63, 3.8) is 0 Å². The Morgan fingerprint density at radius 3 is 2.67 bits per heavy atom. The number of nitrogens with zero attached hydrogens (tertiary/aromatic N) is 4. The summed E-state index contributed by atoms with van der Waals surface area (Å²) in [5.74, 6) is 1.46. The van der Waals surface area contributed by atoms with Crippen LogP contribution in [-0.4, -0.2) is 60.2 Å². The van der Waals surface area contributed by atoms with Gasteiger partial charge in [-0.15, -0.1) is 0 Å². The molecule has 1 aliphatic carbocycles. The van der Waals surface area contributed by atoms with E-state index in [0.717, 1.165) is 26.2 Å². The molecule has 0 spiro atoms. The lowest BCUT2D eigenvalue weighted by Gasteiger charge is -2.26. The fourth-order valence-electron chi connectivity index (χ4n) is 3.44. The molecule has 6 nitrogen and oxygen atoms in total. The molecule has 0 bridgehead atoms. The van der Waals surface area contributed by atoms with Crippen LogP contribution in [0.5, 0.6) is 0 Å². The molecule has 4 rings (SSSR count). The SMILES string of the molecule is CC12CC1CN(C(=O)c1cnc(N3CCOCC3)nc1)C2. The number of aromatic nitrogens is 2. The number of hydrogen-bond acceptors (Lipinski definition) is 5. The van der Waals surface area contributed by atoms with Crippen LogP contribution in [0.2, 0.25) is 0 Å². The van der Waals surface area contributed by atoms with Crippen LogP contribution in [0.25, 0.3) is 0 Å². The molecule has 2 aliphatic heterocycles. The first kappa shape index (κ1) is 13.0. The fraction of sp³-hybridized carbons (Fsp3) is 0.667. The van der Waals surface area contributed by atoms with E-state index in [9.17, 15) is 4.79 Å². The Morgan fingerprint density at radius 1 is 1.33 bits per heavy atom. The molecule has 2 atom stereocenters. The third kappa shape index (κ3) is 2.27. The van der Waals surface area contributed by atoms with Gasteiger partial charge in [0.25, 0.3) is 5.91 Å². The number of carbonyl (C=O) groups excluding carboxylic acids is 1. The van der Waals surface area contributed by atoms with Crippen molar-refractivity contribution in [1.82, 2.24) is 14.9 Å². The Bertz CT molecular complexity index is 555. The largest absolute Gasteiger partial charge is 0.378 e. The summed E-state index contributed by atoms with van der Waals surface area (Å²) in [6.07, 6.45) is 4.59. The van der Waals surface area contributed by atoms with Crippen molar-refractivity contribution >= 4 is 11.9 Å². The molecule has 3 fully saturated rings. The monoisotopic (exact) mass is 288 g/mol. The Labute approximate surface area is 124 Å². The molecular weight excluding hydrogens is 268 g/mol. The second-order valence-corrected chi connectivity index (χ2v) is 6.61. The van der Waals surface area contributed by atoms with Gasteiger partial charge in [-0.1, -0.05) is 6.92 Å². The number of rotatable bonds is 2. The lowest BCUT2D eigenvalue weighted by Crippen LogP contribution is -2.37. The number of piperidine rings is 1. The molecule has 6 heteroatoms. The Hall–Kier alpha value is -1.69. The van der Waals surface area contributed by atoms with Crippen molar-refractivity contribution in [3.8, 4) is 0 Å². The quantitative estimate of drug-likeness (QED) is 0.805. The first-order valence-electron chi connectivity index (χ1n) is 7.60. The van der Waals surface area contributed by atoms with Gasteiger partial charge in [-0.3, -0.25) is 4.79 Å². The molecule has 0 radical (unpaired) electrons. The number of hydrogen-bond donors (Lipinski definition) is 0. The van der Waals surface area contributed by atoms with Gasteiger partial charge in [-0.2, -0.15) is 0 Å². The number of carbonyl (C=O) groups is 1. The van der Waals surface area contributed by atoms with E-state index in [4.69, 9.17) is 4.74 Å². The zero-order valence-electron chi connectivity index (χ0n) is 12.3. The van der Waals surface area contributed by atoms with Crippen LogP contribution < -0.4 is 4.90 Å². The summed E-state index contributed by atoms with van der Waals surface area (Å²) >= 11 is 0. The highest BCUT2D eigenvalue weighted by molar-refractivity contribution is 5.94. The van der Waals surface area contributed by atoms with Gasteiger partial charge in [-0.05, 0) is 17.8 Å². The van der Waals surface area contributed by atoms with E-state index < -0.39 is 0 Å². The normalized spacial score (nSPS) is 31.2. The first-order valence-corrected chi connectivity index (χ1v) is 7.60. The van der Waals surface area contributed by atoms with Crippen molar-refractivity contribution < 1.29 is 9.53 Å². The molecule has 3 aliphatic rings. The topological polar surface area (TPSA) is 58.6 Å². The summed E-state index contributed by atoms with van der Waals surface area (Å²) in [5.41, 5.74) is 0.974. The molecule has 0 aromatic carbocycles. The first-order chi connectivity index (χ1) is 10.2. The lowest BCUT2D eigenvalue weighted by molar-refractivity contribution is 0.0765. The Morgan fingerprint density at radius 2 is 2.05 bits per heavy atom. The van der Waals surface area contributed by atoms with Crippen molar-refractivity contribution in [2.24, 2.45) is 11.3 Å². The van der Waals surface area contributed by atoms with E-state index in [1.165, 1.54) is 6.42 Å². The maximum absolute atomic E-state index is 12.5. The summed E-state index contributed by atoms with van der Waals surface area (Å²) in [4.78, 5) is 25.2. The third-order valence-electron chi connectivity index (χ3n) is 5.00. The summed E-state index contributed by atoms with van der Waals surface area (Å²) in [5, 5.41) is 0. The van der Waals surface area contributed by atoms with Crippen molar-refractivity contribution in [3.05, 3.63) is 18.0 Å². The maximum Gasteiger partial charge on any atom is 0.257 e. The second-order valence-electron chi connectivity index (χ2n) is 6.61. The van der Waals surface area contributed by atoms with Crippen LogP contribution in [0.3, 0.4) is 0 Å². The van der Waals surface area contributed by atoms with E-state index in [1.54, 1.807) is 12.4 Å². The lowest BCUT2D eigenvalue weighted by atomic mass is 10.1. The molecule has 2 unspecified atom stereocenters. The summed E-state index contributed by atoms with van der Waals surface area (Å²) < 4.78 is 5.32. The minimum Gasteiger partial charge on any atom is -0.378 e. The van der Waals surface area contributed by atoms with Gasteiger partial charge in [-0.25, -0.2) is 9.97 Å². The highest BCUT2D eigenvalue weighted by atomic mass is 16.5. The molecule has 2 saturated heterocycles. The second kappa shape index (κ2) is 4.66. The van der Waals surface area contributed by atoms with E-state index in [1.807, 2.05) is 4.90 Å². The van der Waals surface area contributed by atoms with Gasteiger partial charge in [0.05, 0.1) is 18.8 Å². The number of fused-ring (bicyclic) bond motifs is 1. The van der Waals surface area contributed by atoms with Crippen LogP contribution in [0.4, 0.5) is 5.95 Å². The van der Waals surface area contributed by atoms with Crippen molar-refractivity contribution in [2.45, 2.75) is 13.3 Å². The molecule has 1 aromatic rings. The summed E-state index contributed by atoms with van der Waals surface area (Å²) in [6, 6.07) is 0. The summed E-state index contributed by atoms with van der Waals surface area (Å²) in [6.45, 7) is 7.06. The molecule has 1 saturated carbocycles. The van der Waals surface area contributed by atoms with Gasteiger partial charge < -0.3 is 14.5 Å². The van der Waals surface area contributed by atoms with Gasteiger partial charge in [0.15, 0.2) is 0 Å². The number of anilines is 1. The van der Waals surface area contributed by atoms with Crippen molar-refractivity contribution in [1.29, 1.82) is 0 Å². The van der Waals surface area contributed by atoms with Gasteiger partial charge in [0.1, 0.15) is 0 Å². The maximum atomic E-state index is 12.5. The number of amides is 1. The van der Waals surface area contributed by atoms with Crippen LogP contribution in [0.15, 0.2) is 12.4 Å². The van der Waals surface area contributed by atoms with E-state index in [-0.39, 0.29) is 5.91 Å². The van der Waals surface area contributed by atoms with E-state index in [0.29, 0.717) is 36.1 Å². The van der Waals surface area contributed by atoms with Gasteiger partial charge >= 0.3 is 0 Å². The average molecular weight is 288 g/mol. The number of ether oxygens (including phenoxy) is 1. The van der Waals surface area contributed by atoms with Gasteiger partial charge in [0, 0.05) is 38.6 Å². The minimum absolute atomic E-state index is 0.0666. The average Bonchev–Trinajstić information content (AvgIpc) is 3.05. The minimum atomic E-state index is 0.0666. The van der Waals surface area contributed by atoms with Crippen LogP contribution >= 0.6 is 0 Å². The molecule has 0 N–H and O–H groups in total. The zero-order chi connectivity index (χ0) is 14.4. The van der Waals surface area contributed by atoms with Gasteiger partial charge in [0.2, 0.25) is 5.95 Å².